The molecule has 5 nitrogen and oxygen atoms in total. The van der Waals surface area contributed by atoms with Crippen molar-refractivity contribution in [3.05, 3.63) is 48.3 Å². The molecule has 0 atom stereocenters. The van der Waals surface area contributed by atoms with Crippen molar-refractivity contribution in [2.45, 2.75) is 6.92 Å². The van der Waals surface area contributed by atoms with Gasteiger partial charge in [0.25, 0.3) is 5.91 Å². The van der Waals surface area contributed by atoms with E-state index < -0.39 is 0 Å². The predicted octanol–water partition coefficient (Wildman–Crippen LogP) is 2.18. The van der Waals surface area contributed by atoms with E-state index in [1.54, 1.807) is 37.6 Å². The molecule has 5 heteroatoms. The van der Waals surface area contributed by atoms with E-state index in [2.05, 4.69) is 15.3 Å². The summed E-state index contributed by atoms with van der Waals surface area (Å²) in [5, 5.41) is 3.08. The fourth-order valence-corrected chi connectivity index (χ4v) is 1.69. The van der Waals surface area contributed by atoms with Gasteiger partial charge in [0.1, 0.15) is 11.6 Å². The molecule has 0 bridgehead atoms. The molecule has 0 spiro atoms. The Morgan fingerprint density at radius 3 is 2.79 bits per heavy atom. The fourth-order valence-electron chi connectivity index (χ4n) is 1.69. The third kappa shape index (κ3) is 3.07. The second-order valence-corrected chi connectivity index (χ2v) is 4.01. The number of rotatable bonds is 4. The molecule has 0 fully saturated rings. The van der Waals surface area contributed by atoms with E-state index in [4.69, 9.17) is 0 Å². The molecule has 2 aromatic rings. The van der Waals surface area contributed by atoms with Gasteiger partial charge in [-0.1, -0.05) is 6.07 Å². The van der Waals surface area contributed by atoms with Gasteiger partial charge in [-0.15, -0.1) is 0 Å². The molecule has 0 saturated carbocycles. The van der Waals surface area contributed by atoms with Crippen molar-refractivity contribution >= 4 is 17.5 Å². The lowest BCUT2D eigenvalue weighted by Gasteiger charge is -2.16. The number of aromatic nitrogens is 2. The van der Waals surface area contributed by atoms with E-state index in [0.717, 1.165) is 6.54 Å². The summed E-state index contributed by atoms with van der Waals surface area (Å²) < 4.78 is 0. The molecule has 0 aromatic carbocycles. The SMILES string of the molecule is CCNc1cc(C(=O)N(C)c2ccccn2)ccn1. The summed E-state index contributed by atoms with van der Waals surface area (Å²) >= 11 is 0. The molecule has 0 saturated heterocycles. The first-order chi connectivity index (χ1) is 9.22. The predicted molar refractivity (Wildman–Crippen MR) is 75.4 cm³/mol. The molecule has 0 aliphatic heterocycles. The minimum absolute atomic E-state index is 0.111. The van der Waals surface area contributed by atoms with Crippen molar-refractivity contribution in [1.82, 2.24) is 9.97 Å². The van der Waals surface area contributed by atoms with Crippen LogP contribution in [0.5, 0.6) is 0 Å². The maximum absolute atomic E-state index is 12.3. The fraction of sp³-hybridized carbons (Fsp3) is 0.214. The maximum Gasteiger partial charge on any atom is 0.259 e. The van der Waals surface area contributed by atoms with Gasteiger partial charge in [-0.3, -0.25) is 9.69 Å². The van der Waals surface area contributed by atoms with E-state index in [0.29, 0.717) is 17.2 Å². The minimum atomic E-state index is -0.111. The second-order valence-electron chi connectivity index (χ2n) is 4.01. The molecule has 1 amide bonds. The molecule has 1 N–H and O–H groups in total. The van der Waals surface area contributed by atoms with Crippen LogP contribution in [-0.4, -0.2) is 29.5 Å². The van der Waals surface area contributed by atoms with Crippen molar-refractivity contribution in [3.8, 4) is 0 Å². The lowest BCUT2D eigenvalue weighted by Crippen LogP contribution is -2.27. The molecule has 2 rings (SSSR count). The van der Waals surface area contributed by atoms with Crippen LogP contribution in [0.4, 0.5) is 11.6 Å². The van der Waals surface area contributed by atoms with E-state index in [-0.39, 0.29) is 5.91 Å². The summed E-state index contributed by atoms with van der Waals surface area (Å²) in [6, 6.07) is 8.90. The lowest BCUT2D eigenvalue weighted by molar-refractivity contribution is 0.0992. The van der Waals surface area contributed by atoms with E-state index in [9.17, 15) is 4.79 Å². The summed E-state index contributed by atoms with van der Waals surface area (Å²) in [6.07, 6.45) is 3.28. The van der Waals surface area contributed by atoms with Gasteiger partial charge in [-0.2, -0.15) is 0 Å². The largest absolute Gasteiger partial charge is 0.370 e. The molecule has 19 heavy (non-hydrogen) atoms. The quantitative estimate of drug-likeness (QED) is 0.911. The number of amides is 1. The Morgan fingerprint density at radius 1 is 1.26 bits per heavy atom. The van der Waals surface area contributed by atoms with Crippen molar-refractivity contribution in [1.29, 1.82) is 0 Å². The van der Waals surface area contributed by atoms with Crippen molar-refractivity contribution < 1.29 is 4.79 Å². The lowest BCUT2D eigenvalue weighted by atomic mass is 10.2. The highest BCUT2D eigenvalue weighted by Gasteiger charge is 2.14. The first kappa shape index (κ1) is 13.0. The Hall–Kier alpha value is -2.43. The highest BCUT2D eigenvalue weighted by molar-refractivity contribution is 6.05. The van der Waals surface area contributed by atoms with Crippen LogP contribution in [0.1, 0.15) is 17.3 Å². The average Bonchev–Trinajstić information content (AvgIpc) is 2.47. The Morgan fingerprint density at radius 2 is 2.11 bits per heavy atom. The number of hydrogen-bond acceptors (Lipinski definition) is 4. The number of nitrogens with one attached hydrogen (secondary N) is 1. The number of carbonyl (C=O) groups excluding carboxylic acids is 1. The monoisotopic (exact) mass is 256 g/mol. The van der Waals surface area contributed by atoms with E-state index in [1.165, 1.54) is 4.90 Å². The summed E-state index contributed by atoms with van der Waals surface area (Å²) in [4.78, 5) is 22.2. The first-order valence-corrected chi connectivity index (χ1v) is 6.11. The van der Waals surface area contributed by atoms with Crippen LogP contribution in [0.15, 0.2) is 42.7 Å². The van der Waals surface area contributed by atoms with Crippen LogP contribution in [0.3, 0.4) is 0 Å². The van der Waals surface area contributed by atoms with Gasteiger partial charge >= 0.3 is 0 Å². The van der Waals surface area contributed by atoms with Gasteiger partial charge in [0.15, 0.2) is 0 Å². The zero-order valence-corrected chi connectivity index (χ0v) is 11.0. The maximum atomic E-state index is 12.3. The van der Waals surface area contributed by atoms with Crippen LogP contribution in [-0.2, 0) is 0 Å². The van der Waals surface area contributed by atoms with Gasteiger partial charge in [0.05, 0.1) is 0 Å². The van der Waals surface area contributed by atoms with Crippen LogP contribution >= 0.6 is 0 Å². The average molecular weight is 256 g/mol. The van der Waals surface area contributed by atoms with Crippen molar-refractivity contribution in [2.24, 2.45) is 0 Å². The Bertz CT molecular complexity index is 556. The Labute approximate surface area is 112 Å². The third-order valence-electron chi connectivity index (χ3n) is 2.66. The number of anilines is 2. The van der Waals surface area contributed by atoms with Crippen molar-refractivity contribution in [2.75, 3.05) is 23.8 Å². The van der Waals surface area contributed by atoms with E-state index in [1.807, 2.05) is 19.1 Å². The zero-order valence-electron chi connectivity index (χ0n) is 11.0. The van der Waals surface area contributed by atoms with Crippen LogP contribution in [0.2, 0.25) is 0 Å². The number of nitrogens with zero attached hydrogens (tertiary/aromatic N) is 3. The Kier molecular flexibility index (Phi) is 4.07. The third-order valence-corrected chi connectivity index (χ3v) is 2.66. The molecular formula is C14H16N4O. The zero-order chi connectivity index (χ0) is 13.7. The molecule has 0 aliphatic carbocycles. The molecule has 0 aliphatic rings. The summed E-state index contributed by atoms with van der Waals surface area (Å²) in [7, 11) is 1.71. The van der Waals surface area contributed by atoms with E-state index >= 15 is 0 Å². The Balaban J connectivity index is 2.22. The molecule has 98 valence electrons. The standard InChI is InChI=1S/C14H16N4O/c1-3-15-12-10-11(7-9-16-12)14(19)18(2)13-6-4-5-8-17-13/h4-10H,3H2,1-2H3,(H,15,16). The number of hydrogen-bond donors (Lipinski definition) is 1. The first-order valence-electron chi connectivity index (χ1n) is 6.11. The summed E-state index contributed by atoms with van der Waals surface area (Å²) in [5.41, 5.74) is 0.583. The summed E-state index contributed by atoms with van der Waals surface area (Å²) in [5.74, 6) is 1.21. The topological polar surface area (TPSA) is 58.1 Å². The highest BCUT2D eigenvalue weighted by atomic mass is 16.2. The van der Waals surface area contributed by atoms with Crippen LogP contribution < -0.4 is 10.2 Å². The second kappa shape index (κ2) is 5.95. The van der Waals surface area contributed by atoms with Gasteiger partial charge in [0.2, 0.25) is 0 Å². The minimum Gasteiger partial charge on any atom is -0.370 e. The molecule has 2 heterocycles. The summed E-state index contributed by atoms with van der Waals surface area (Å²) in [6.45, 7) is 2.75. The van der Waals surface area contributed by atoms with Gasteiger partial charge in [0, 0.05) is 31.5 Å². The number of pyridine rings is 2. The normalized spacial score (nSPS) is 10.0. The smallest absolute Gasteiger partial charge is 0.259 e. The highest BCUT2D eigenvalue weighted by Crippen LogP contribution is 2.13. The van der Waals surface area contributed by atoms with Crippen LogP contribution in [0.25, 0.3) is 0 Å². The van der Waals surface area contributed by atoms with Gasteiger partial charge in [-0.05, 0) is 31.2 Å². The molecule has 0 radical (unpaired) electrons. The number of carbonyl (C=O) groups is 1. The van der Waals surface area contributed by atoms with Gasteiger partial charge < -0.3 is 5.32 Å². The molecule has 2 aromatic heterocycles. The van der Waals surface area contributed by atoms with Crippen molar-refractivity contribution in [3.63, 3.8) is 0 Å². The molecular weight excluding hydrogens is 240 g/mol. The van der Waals surface area contributed by atoms with Gasteiger partial charge in [-0.25, -0.2) is 9.97 Å². The molecule has 0 unspecified atom stereocenters. The van der Waals surface area contributed by atoms with Crippen LogP contribution in [0, 0.1) is 0 Å².